The fourth-order valence-electron chi connectivity index (χ4n) is 4.94. The fraction of sp³-hybridized carbons (Fsp3) is 0.542. The highest BCUT2D eigenvalue weighted by Gasteiger charge is 2.36. The molecule has 2 aromatic rings. The summed E-state index contributed by atoms with van der Waals surface area (Å²) in [6.07, 6.45) is 5.65. The van der Waals surface area contributed by atoms with Gasteiger partial charge in [0.2, 0.25) is 0 Å². The molecule has 2 aliphatic heterocycles. The summed E-state index contributed by atoms with van der Waals surface area (Å²) in [7, 11) is 2.18. The first-order chi connectivity index (χ1) is 15.3. The van der Waals surface area contributed by atoms with Crippen LogP contribution in [-0.4, -0.2) is 75.5 Å². The third kappa shape index (κ3) is 4.37. The van der Waals surface area contributed by atoms with Gasteiger partial charge in [-0.05, 0) is 63.8 Å². The van der Waals surface area contributed by atoms with Gasteiger partial charge >= 0.3 is 12.0 Å². The van der Waals surface area contributed by atoms with E-state index >= 15 is 0 Å². The van der Waals surface area contributed by atoms with Crippen LogP contribution in [0.5, 0.6) is 0 Å². The zero-order valence-corrected chi connectivity index (χ0v) is 19.3. The summed E-state index contributed by atoms with van der Waals surface area (Å²) in [5.74, 6) is -1.13. The zero-order chi connectivity index (χ0) is 22.9. The summed E-state index contributed by atoms with van der Waals surface area (Å²) in [6.45, 7) is 8.85. The molecule has 0 radical (unpaired) electrons. The van der Waals surface area contributed by atoms with Crippen molar-refractivity contribution in [1.82, 2.24) is 19.6 Å². The van der Waals surface area contributed by atoms with Gasteiger partial charge in [-0.15, -0.1) is 0 Å². The summed E-state index contributed by atoms with van der Waals surface area (Å²) in [6, 6.07) is 7.68. The number of carbonyl (C=O) groups excluding carboxylic acids is 1. The largest absolute Gasteiger partial charge is 0.476 e. The summed E-state index contributed by atoms with van der Waals surface area (Å²) < 4.78 is 1.13. The maximum absolute atomic E-state index is 12.8. The van der Waals surface area contributed by atoms with Crippen molar-refractivity contribution in [2.45, 2.75) is 51.6 Å². The minimum Gasteiger partial charge on any atom is -0.476 e. The number of rotatable bonds is 5. The van der Waals surface area contributed by atoms with Crippen LogP contribution in [0.25, 0.3) is 0 Å². The first-order valence-corrected chi connectivity index (χ1v) is 11.4. The first kappa shape index (κ1) is 22.3. The van der Waals surface area contributed by atoms with Gasteiger partial charge in [-0.1, -0.05) is 18.2 Å². The molecule has 3 heterocycles. The number of amides is 1. The average molecular weight is 440 g/mol. The van der Waals surface area contributed by atoms with Crippen molar-refractivity contribution in [2.24, 2.45) is 0 Å². The fourth-order valence-corrected chi connectivity index (χ4v) is 4.94. The smallest absolute Gasteiger partial charge is 0.356 e. The normalized spacial score (nSPS) is 18.4. The number of para-hydroxylation sites is 1. The highest BCUT2D eigenvalue weighted by atomic mass is 16.4. The Morgan fingerprint density at radius 3 is 2.44 bits per heavy atom. The molecule has 0 spiro atoms. The van der Waals surface area contributed by atoms with Crippen LogP contribution in [0.15, 0.2) is 30.5 Å². The van der Waals surface area contributed by atoms with E-state index in [1.165, 1.54) is 41.9 Å². The Kier molecular flexibility index (Phi) is 6.24. The number of piperidine rings is 1. The molecule has 0 saturated carbocycles. The number of aryl methyl sites for hydroxylation is 1. The van der Waals surface area contributed by atoms with Crippen LogP contribution in [0.1, 0.15) is 54.2 Å². The predicted octanol–water partition coefficient (Wildman–Crippen LogP) is 3.44. The number of carboxylic acids is 1. The van der Waals surface area contributed by atoms with E-state index in [0.29, 0.717) is 13.1 Å². The Hall–Kier alpha value is -2.87. The third-order valence-electron chi connectivity index (χ3n) is 7.19. The van der Waals surface area contributed by atoms with Gasteiger partial charge in [-0.2, -0.15) is 9.78 Å². The Morgan fingerprint density at radius 1 is 1.12 bits per heavy atom. The number of hydrogen-bond donors (Lipinski definition) is 1. The van der Waals surface area contributed by atoms with Gasteiger partial charge in [0, 0.05) is 50.1 Å². The first-order valence-electron chi connectivity index (χ1n) is 11.4. The molecule has 8 heteroatoms. The van der Waals surface area contributed by atoms with Crippen molar-refractivity contribution in [1.29, 1.82) is 0 Å². The maximum Gasteiger partial charge on any atom is 0.356 e. The number of carbonyl (C=O) groups is 2. The van der Waals surface area contributed by atoms with Gasteiger partial charge in [-0.25, -0.2) is 9.59 Å². The number of aromatic carboxylic acids is 1. The van der Waals surface area contributed by atoms with Gasteiger partial charge in [0.1, 0.15) is 0 Å². The molecule has 1 N–H and O–H groups in total. The van der Waals surface area contributed by atoms with Crippen LogP contribution in [0.4, 0.5) is 10.5 Å². The van der Waals surface area contributed by atoms with Gasteiger partial charge in [0.25, 0.3) is 0 Å². The molecule has 172 valence electrons. The number of anilines is 1. The molecule has 2 aliphatic rings. The molecule has 1 amide bonds. The van der Waals surface area contributed by atoms with Crippen LogP contribution in [-0.2, 0) is 6.54 Å². The molecular formula is C24H33N5O3. The van der Waals surface area contributed by atoms with E-state index in [2.05, 4.69) is 54.0 Å². The zero-order valence-electron chi connectivity index (χ0n) is 19.3. The molecule has 2 fully saturated rings. The molecule has 1 aromatic carbocycles. The van der Waals surface area contributed by atoms with E-state index in [-0.39, 0.29) is 17.3 Å². The number of likely N-dealkylation sites (tertiary alicyclic amines) is 1. The quantitative estimate of drug-likeness (QED) is 0.769. The van der Waals surface area contributed by atoms with Crippen molar-refractivity contribution >= 4 is 17.7 Å². The monoisotopic (exact) mass is 439 g/mol. The lowest BCUT2D eigenvalue weighted by atomic mass is 9.87. The van der Waals surface area contributed by atoms with Crippen LogP contribution in [0, 0.1) is 6.92 Å². The van der Waals surface area contributed by atoms with E-state index < -0.39 is 5.97 Å². The van der Waals surface area contributed by atoms with E-state index in [1.807, 2.05) is 0 Å². The Bertz CT molecular complexity index is 987. The minimum atomic E-state index is -1.13. The molecule has 0 unspecified atom stereocenters. The summed E-state index contributed by atoms with van der Waals surface area (Å²) in [5.41, 5.74) is 3.96. The molecule has 32 heavy (non-hydrogen) atoms. The van der Waals surface area contributed by atoms with E-state index in [0.717, 1.165) is 37.2 Å². The standard InChI is InChI=1S/C24H33N5O3/c1-18-7-6-8-19(21(18)27-12-4-5-13-27)17-26(3)24(2)10-15-28(16-11-24)23(32)29-14-9-20(25-29)22(30)31/h6-9,14H,4-5,10-13,15-17H2,1-3H3,(H,30,31). The molecule has 2 saturated heterocycles. The van der Waals surface area contributed by atoms with Crippen LogP contribution >= 0.6 is 0 Å². The van der Waals surface area contributed by atoms with Crippen molar-refractivity contribution < 1.29 is 14.7 Å². The van der Waals surface area contributed by atoms with Crippen molar-refractivity contribution in [2.75, 3.05) is 38.1 Å². The van der Waals surface area contributed by atoms with Gasteiger partial charge in [0.15, 0.2) is 5.69 Å². The second kappa shape index (κ2) is 8.94. The average Bonchev–Trinajstić information content (AvgIpc) is 3.46. The lowest BCUT2D eigenvalue weighted by Crippen LogP contribution is -2.53. The van der Waals surface area contributed by atoms with Gasteiger partial charge in [-0.3, -0.25) is 4.90 Å². The molecule has 0 aliphatic carbocycles. The highest BCUT2D eigenvalue weighted by molar-refractivity contribution is 5.86. The molecule has 0 atom stereocenters. The van der Waals surface area contributed by atoms with Crippen LogP contribution in [0.2, 0.25) is 0 Å². The van der Waals surface area contributed by atoms with Gasteiger partial charge < -0.3 is 14.9 Å². The van der Waals surface area contributed by atoms with Crippen molar-refractivity contribution in [3.05, 3.63) is 47.3 Å². The second-order valence-electron chi connectivity index (χ2n) is 9.35. The number of hydrogen-bond acceptors (Lipinski definition) is 5. The number of benzene rings is 1. The number of aromatic nitrogens is 2. The topological polar surface area (TPSA) is 81.9 Å². The molecule has 8 nitrogen and oxygen atoms in total. The molecular weight excluding hydrogens is 406 g/mol. The summed E-state index contributed by atoms with van der Waals surface area (Å²) in [5, 5.41) is 12.9. The second-order valence-corrected chi connectivity index (χ2v) is 9.35. The Labute approximate surface area is 189 Å². The molecule has 0 bridgehead atoms. The SMILES string of the molecule is Cc1cccc(CN(C)C2(C)CCN(C(=O)n3ccc(C(=O)O)n3)CC2)c1N1CCCC1. The highest BCUT2D eigenvalue weighted by Crippen LogP contribution is 2.33. The summed E-state index contributed by atoms with van der Waals surface area (Å²) in [4.78, 5) is 30.5. The van der Waals surface area contributed by atoms with E-state index in [9.17, 15) is 9.59 Å². The van der Waals surface area contributed by atoms with E-state index in [4.69, 9.17) is 5.11 Å². The Morgan fingerprint density at radius 2 is 1.81 bits per heavy atom. The lowest BCUT2D eigenvalue weighted by molar-refractivity contribution is 0.0585. The van der Waals surface area contributed by atoms with Crippen molar-refractivity contribution in [3.8, 4) is 0 Å². The third-order valence-corrected chi connectivity index (χ3v) is 7.19. The lowest BCUT2D eigenvalue weighted by Gasteiger charge is -2.45. The minimum absolute atomic E-state index is 0.0147. The molecule has 4 rings (SSSR count). The van der Waals surface area contributed by atoms with Crippen molar-refractivity contribution in [3.63, 3.8) is 0 Å². The predicted molar refractivity (Wildman–Crippen MR) is 123 cm³/mol. The number of carboxylic acid groups (broad SMARTS) is 1. The van der Waals surface area contributed by atoms with Gasteiger partial charge in [0.05, 0.1) is 0 Å². The van der Waals surface area contributed by atoms with Crippen LogP contribution in [0.3, 0.4) is 0 Å². The summed E-state index contributed by atoms with van der Waals surface area (Å²) >= 11 is 0. The van der Waals surface area contributed by atoms with E-state index in [1.54, 1.807) is 4.90 Å². The maximum atomic E-state index is 12.8. The molecule has 1 aromatic heterocycles. The van der Waals surface area contributed by atoms with Crippen LogP contribution < -0.4 is 4.90 Å². The number of nitrogens with zero attached hydrogens (tertiary/aromatic N) is 5. The Balaban J connectivity index is 1.41.